The van der Waals surface area contributed by atoms with Gasteiger partial charge in [-0.1, -0.05) is 60.1 Å². The molecule has 1 atom stereocenters. The zero-order chi connectivity index (χ0) is 14.1. The van der Waals surface area contributed by atoms with E-state index in [-0.39, 0.29) is 5.38 Å². The standard InChI is InChI=1S/C18H14Cl2/c1-12-9-10-14(19)11-17(12)18(20)16-8-4-6-13-5-2-3-7-15(13)16/h2-11,18H,1H3. The van der Waals surface area contributed by atoms with Crippen LogP contribution in [0, 0.1) is 6.92 Å². The molecule has 0 aliphatic carbocycles. The molecule has 0 bridgehead atoms. The number of rotatable bonds is 2. The Balaban J connectivity index is 2.17. The molecule has 3 aromatic rings. The molecule has 3 rings (SSSR count). The first kappa shape index (κ1) is 13.5. The number of alkyl halides is 1. The second-order valence-corrected chi connectivity index (χ2v) is 5.80. The highest BCUT2D eigenvalue weighted by molar-refractivity contribution is 6.31. The van der Waals surface area contributed by atoms with Crippen molar-refractivity contribution in [3.63, 3.8) is 0 Å². The Hall–Kier alpha value is -1.50. The average Bonchev–Trinajstić information content (AvgIpc) is 2.48. The number of hydrogen-bond donors (Lipinski definition) is 0. The van der Waals surface area contributed by atoms with E-state index < -0.39 is 0 Å². The van der Waals surface area contributed by atoms with Gasteiger partial charge in [-0.15, -0.1) is 11.6 Å². The molecule has 100 valence electrons. The summed E-state index contributed by atoms with van der Waals surface area (Å²) in [5.74, 6) is 0. The molecule has 0 saturated heterocycles. The Morgan fingerprint density at radius 1 is 0.850 bits per heavy atom. The lowest BCUT2D eigenvalue weighted by Crippen LogP contribution is -1.97. The molecule has 20 heavy (non-hydrogen) atoms. The van der Waals surface area contributed by atoms with Crippen molar-refractivity contribution in [2.75, 3.05) is 0 Å². The van der Waals surface area contributed by atoms with E-state index in [2.05, 4.69) is 31.2 Å². The van der Waals surface area contributed by atoms with Crippen LogP contribution in [-0.4, -0.2) is 0 Å². The monoisotopic (exact) mass is 300 g/mol. The summed E-state index contributed by atoms with van der Waals surface area (Å²) >= 11 is 12.8. The first-order valence-corrected chi connectivity index (χ1v) is 7.36. The van der Waals surface area contributed by atoms with Crippen molar-refractivity contribution in [1.29, 1.82) is 0 Å². The van der Waals surface area contributed by atoms with E-state index >= 15 is 0 Å². The summed E-state index contributed by atoms with van der Waals surface area (Å²) in [7, 11) is 0. The zero-order valence-corrected chi connectivity index (χ0v) is 12.6. The number of fused-ring (bicyclic) bond motifs is 1. The summed E-state index contributed by atoms with van der Waals surface area (Å²) in [5, 5.41) is 2.92. The summed E-state index contributed by atoms with van der Waals surface area (Å²) in [6.07, 6.45) is 0. The van der Waals surface area contributed by atoms with Gasteiger partial charge in [0, 0.05) is 5.02 Å². The van der Waals surface area contributed by atoms with Crippen LogP contribution in [0.25, 0.3) is 10.8 Å². The Bertz CT molecular complexity index is 757. The number of aryl methyl sites for hydroxylation is 1. The fourth-order valence-electron chi connectivity index (χ4n) is 2.52. The van der Waals surface area contributed by atoms with E-state index in [1.165, 1.54) is 10.8 Å². The van der Waals surface area contributed by atoms with Gasteiger partial charge in [-0.3, -0.25) is 0 Å². The van der Waals surface area contributed by atoms with E-state index in [0.717, 1.165) is 21.7 Å². The maximum Gasteiger partial charge on any atom is 0.0844 e. The number of halogens is 2. The third-order valence-electron chi connectivity index (χ3n) is 3.61. The zero-order valence-electron chi connectivity index (χ0n) is 11.1. The normalized spacial score (nSPS) is 12.6. The molecule has 0 fully saturated rings. The molecule has 3 aromatic carbocycles. The molecule has 0 saturated carbocycles. The third-order valence-corrected chi connectivity index (χ3v) is 4.32. The van der Waals surface area contributed by atoms with Crippen LogP contribution in [0.1, 0.15) is 22.1 Å². The van der Waals surface area contributed by atoms with Gasteiger partial charge >= 0.3 is 0 Å². The predicted molar refractivity (Wildman–Crippen MR) is 87.8 cm³/mol. The highest BCUT2D eigenvalue weighted by atomic mass is 35.5. The van der Waals surface area contributed by atoms with Crippen molar-refractivity contribution < 1.29 is 0 Å². The maximum absolute atomic E-state index is 6.73. The molecule has 1 unspecified atom stereocenters. The first-order chi connectivity index (χ1) is 9.66. The smallest absolute Gasteiger partial charge is 0.0844 e. The van der Waals surface area contributed by atoms with Gasteiger partial charge in [-0.05, 0) is 46.5 Å². The maximum atomic E-state index is 6.73. The molecule has 2 heteroatoms. The van der Waals surface area contributed by atoms with Crippen LogP contribution in [0.2, 0.25) is 5.02 Å². The summed E-state index contributed by atoms with van der Waals surface area (Å²) in [6.45, 7) is 2.06. The van der Waals surface area contributed by atoms with Gasteiger partial charge in [0.2, 0.25) is 0 Å². The van der Waals surface area contributed by atoms with E-state index in [1.807, 2.05) is 36.4 Å². The van der Waals surface area contributed by atoms with Crippen LogP contribution >= 0.6 is 23.2 Å². The van der Waals surface area contributed by atoms with Crippen molar-refractivity contribution in [3.05, 3.63) is 82.4 Å². The van der Waals surface area contributed by atoms with Crippen LogP contribution < -0.4 is 0 Å². The van der Waals surface area contributed by atoms with Crippen molar-refractivity contribution in [2.45, 2.75) is 12.3 Å². The second kappa shape index (κ2) is 5.47. The number of hydrogen-bond acceptors (Lipinski definition) is 0. The SMILES string of the molecule is Cc1ccc(Cl)cc1C(Cl)c1cccc2ccccc12. The summed E-state index contributed by atoms with van der Waals surface area (Å²) in [6, 6.07) is 20.4. The van der Waals surface area contributed by atoms with Gasteiger partial charge in [-0.2, -0.15) is 0 Å². The van der Waals surface area contributed by atoms with E-state index in [4.69, 9.17) is 23.2 Å². The molecule has 0 spiro atoms. The molecule has 0 N–H and O–H groups in total. The lowest BCUT2D eigenvalue weighted by atomic mass is 9.96. The van der Waals surface area contributed by atoms with Gasteiger partial charge in [-0.25, -0.2) is 0 Å². The van der Waals surface area contributed by atoms with E-state index in [0.29, 0.717) is 0 Å². The molecule has 0 amide bonds. The van der Waals surface area contributed by atoms with Crippen LogP contribution in [0.4, 0.5) is 0 Å². The number of benzene rings is 3. The third kappa shape index (κ3) is 2.42. The predicted octanol–water partition coefficient (Wildman–Crippen LogP) is 6.13. The first-order valence-electron chi connectivity index (χ1n) is 6.54. The van der Waals surface area contributed by atoms with Crippen molar-refractivity contribution in [2.24, 2.45) is 0 Å². The molecule has 0 radical (unpaired) electrons. The molecular formula is C18H14Cl2. The van der Waals surface area contributed by atoms with Gasteiger partial charge in [0.05, 0.1) is 5.38 Å². The summed E-state index contributed by atoms with van der Waals surface area (Å²) in [5.41, 5.74) is 3.34. The topological polar surface area (TPSA) is 0 Å². The molecular weight excluding hydrogens is 287 g/mol. The quantitative estimate of drug-likeness (QED) is 0.499. The minimum absolute atomic E-state index is 0.195. The van der Waals surface area contributed by atoms with Crippen molar-refractivity contribution in [1.82, 2.24) is 0 Å². The largest absolute Gasteiger partial charge is 0.113 e. The molecule has 0 nitrogen and oxygen atoms in total. The Labute approximate surface area is 129 Å². The van der Waals surface area contributed by atoms with E-state index in [1.54, 1.807) is 0 Å². The average molecular weight is 301 g/mol. The van der Waals surface area contributed by atoms with Crippen molar-refractivity contribution >= 4 is 34.0 Å². The minimum Gasteiger partial charge on any atom is -0.113 e. The lowest BCUT2D eigenvalue weighted by Gasteiger charge is -2.16. The van der Waals surface area contributed by atoms with Crippen LogP contribution in [0.3, 0.4) is 0 Å². The molecule has 0 aliphatic heterocycles. The minimum atomic E-state index is -0.195. The highest BCUT2D eigenvalue weighted by Gasteiger charge is 2.16. The molecule has 0 heterocycles. The highest BCUT2D eigenvalue weighted by Crippen LogP contribution is 2.36. The fraction of sp³-hybridized carbons (Fsp3) is 0.111. The van der Waals surface area contributed by atoms with Gasteiger partial charge < -0.3 is 0 Å². The van der Waals surface area contributed by atoms with Crippen LogP contribution in [-0.2, 0) is 0 Å². The molecule has 0 aromatic heterocycles. The lowest BCUT2D eigenvalue weighted by molar-refractivity contribution is 1.13. The fourth-order valence-corrected chi connectivity index (χ4v) is 3.13. The van der Waals surface area contributed by atoms with Gasteiger partial charge in [0.1, 0.15) is 0 Å². The van der Waals surface area contributed by atoms with E-state index in [9.17, 15) is 0 Å². The van der Waals surface area contributed by atoms with Gasteiger partial charge in [0.25, 0.3) is 0 Å². The summed E-state index contributed by atoms with van der Waals surface area (Å²) in [4.78, 5) is 0. The van der Waals surface area contributed by atoms with Gasteiger partial charge in [0.15, 0.2) is 0 Å². The van der Waals surface area contributed by atoms with Crippen molar-refractivity contribution in [3.8, 4) is 0 Å². The Morgan fingerprint density at radius 3 is 2.45 bits per heavy atom. The summed E-state index contributed by atoms with van der Waals surface area (Å²) < 4.78 is 0. The van der Waals surface area contributed by atoms with Crippen LogP contribution in [0.15, 0.2) is 60.7 Å². The Morgan fingerprint density at radius 2 is 1.60 bits per heavy atom. The Kier molecular flexibility index (Phi) is 3.69. The van der Waals surface area contributed by atoms with Crippen LogP contribution in [0.5, 0.6) is 0 Å². The second-order valence-electron chi connectivity index (χ2n) is 4.93. The molecule has 0 aliphatic rings.